The van der Waals surface area contributed by atoms with Crippen molar-refractivity contribution in [2.75, 3.05) is 5.32 Å². The lowest BCUT2D eigenvalue weighted by Gasteiger charge is -2.06. The minimum absolute atomic E-state index is 0.177. The highest BCUT2D eigenvalue weighted by Gasteiger charge is 2.25. The molecule has 1 saturated carbocycles. The summed E-state index contributed by atoms with van der Waals surface area (Å²) in [5, 5.41) is 12.0. The Hall–Kier alpha value is -3.00. The van der Waals surface area contributed by atoms with Gasteiger partial charge in [-0.2, -0.15) is 5.10 Å². The first-order valence-electron chi connectivity index (χ1n) is 8.11. The lowest BCUT2D eigenvalue weighted by Crippen LogP contribution is -2.26. The number of nitrogens with zero attached hydrogens (tertiary/aromatic N) is 2. The Balaban J connectivity index is 1.49. The van der Waals surface area contributed by atoms with Gasteiger partial charge in [-0.15, -0.1) is 11.3 Å². The van der Waals surface area contributed by atoms with Crippen molar-refractivity contribution in [1.29, 1.82) is 0 Å². The largest absolute Gasteiger partial charge is 0.349 e. The second-order valence-corrected chi connectivity index (χ2v) is 6.91. The van der Waals surface area contributed by atoms with E-state index in [4.69, 9.17) is 0 Å². The second kappa shape index (κ2) is 6.72. The molecule has 1 aliphatic rings. The van der Waals surface area contributed by atoms with E-state index in [2.05, 4.69) is 15.7 Å². The SMILES string of the molecule is O=C(Nc1sccc1C(=O)NC1CC1)c1ccn(-c2cccc(F)c2)n1. The van der Waals surface area contributed by atoms with Gasteiger partial charge in [0, 0.05) is 12.2 Å². The molecule has 1 aromatic carbocycles. The molecule has 0 atom stereocenters. The molecule has 3 aromatic rings. The predicted molar refractivity (Wildman–Crippen MR) is 96.3 cm³/mol. The maximum Gasteiger partial charge on any atom is 0.276 e. The Morgan fingerprint density at radius 3 is 2.81 bits per heavy atom. The number of amides is 2. The molecule has 4 rings (SSSR count). The van der Waals surface area contributed by atoms with E-state index in [0.29, 0.717) is 16.3 Å². The summed E-state index contributed by atoms with van der Waals surface area (Å²) in [5.74, 6) is -0.994. The van der Waals surface area contributed by atoms with Crippen molar-refractivity contribution < 1.29 is 14.0 Å². The Morgan fingerprint density at radius 2 is 2.04 bits per heavy atom. The first kappa shape index (κ1) is 16.5. The third kappa shape index (κ3) is 3.50. The van der Waals surface area contributed by atoms with Gasteiger partial charge in [-0.25, -0.2) is 9.07 Å². The second-order valence-electron chi connectivity index (χ2n) is 5.99. The molecule has 0 aliphatic heterocycles. The van der Waals surface area contributed by atoms with Gasteiger partial charge in [-0.05, 0) is 48.6 Å². The van der Waals surface area contributed by atoms with Crippen LogP contribution >= 0.6 is 11.3 Å². The number of hydrogen-bond acceptors (Lipinski definition) is 4. The number of rotatable bonds is 5. The van der Waals surface area contributed by atoms with Crippen LogP contribution in [0.3, 0.4) is 0 Å². The summed E-state index contributed by atoms with van der Waals surface area (Å²) in [6.07, 6.45) is 3.57. The molecule has 8 heteroatoms. The number of carbonyl (C=O) groups is 2. The highest BCUT2D eigenvalue weighted by atomic mass is 32.1. The van der Waals surface area contributed by atoms with Crippen molar-refractivity contribution in [2.24, 2.45) is 0 Å². The van der Waals surface area contributed by atoms with Crippen LogP contribution in [-0.4, -0.2) is 27.6 Å². The highest BCUT2D eigenvalue weighted by Crippen LogP contribution is 2.26. The molecule has 1 aliphatic carbocycles. The van der Waals surface area contributed by atoms with Crippen molar-refractivity contribution in [1.82, 2.24) is 15.1 Å². The van der Waals surface area contributed by atoms with E-state index in [1.54, 1.807) is 29.8 Å². The number of benzene rings is 1. The molecule has 0 bridgehead atoms. The zero-order chi connectivity index (χ0) is 18.1. The van der Waals surface area contributed by atoms with Crippen LogP contribution in [0.5, 0.6) is 0 Å². The minimum Gasteiger partial charge on any atom is -0.349 e. The topological polar surface area (TPSA) is 76.0 Å². The van der Waals surface area contributed by atoms with Gasteiger partial charge >= 0.3 is 0 Å². The standard InChI is InChI=1S/C18H15FN4O2S/c19-11-2-1-3-13(10-11)23-8-6-15(22-23)17(25)21-18-14(7-9-26-18)16(24)20-12-4-5-12/h1-3,6-10,12H,4-5H2,(H,20,24)(H,21,25). The molecule has 132 valence electrons. The van der Waals surface area contributed by atoms with Crippen LogP contribution in [0.25, 0.3) is 5.69 Å². The van der Waals surface area contributed by atoms with Crippen molar-refractivity contribution >= 4 is 28.2 Å². The fourth-order valence-electron chi connectivity index (χ4n) is 2.45. The van der Waals surface area contributed by atoms with E-state index in [0.717, 1.165) is 12.8 Å². The van der Waals surface area contributed by atoms with Crippen LogP contribution in [0.1, 0.15) is 33.7 Å². The molecule has 0 radical (unpaired) electrons. The average molecular weight is 370 g/mol. The summed E-state index contributed by atoms with van der Waals surface area (Å²) in [5.41, 5.74) is 1.14. The van der Waals surface area contributed by atoms with Gasteiger partial charge in [0.05, 0.1) is 11.3 Å². The van der Waals surface area contributed by atoms with E-state index in [9.17, 15) is 14.0 Å². The summed E-state index contributed by atoms with van der Waals surface area (Å²) in [6.45, 7) is 0. The van der Waals surface area contributed by atoms with Gasteiger partial charge in [0.1, 0.15) is 10.8 Å². The van der Waals surface area contributed by atoms with Crippen molar-refractivity contribution in [2.45, 2.75) is 18.9 Å². The molecule has 2 amide bonds. The fourth-order valence-corrected chi connectivity index (χ4v) is 3.23. The lowest BCUT2D eigenvalue weighted by atomic mass is 10.3. The molecule has 0 saturated heterocycles. The van der Waals surface area contributed by atoms with E-state index in [1.807, 2.05) is 0 Å². The smallest absolute Gasteiger partial charge is 0.276 e. The number of aromatic nitrogens is 2. The third-order valence-electron chi connectivity index (χ3n) is 3.94. The minimum atomic E-state index is -0.428. The quantitative estimate of drug-likeness (QED) is 0.724. The molecule has 0 unspecified atom stereocenters. The first-order valence-corrected chi connectivity index (χ1v) is 8.99. The van der Waals surface area contributed by atoms with E-state index >= 15 is 0 Å². The first-order chi connectivity index (χ1) is 12.6. The highest BCUT2D eigenvalue weighted by molar-refractivity contribution is 7.14. The molecule has 1 fully saturated rings. The lowest BCUT2D eigenvalue weighted by molar-refractivity contribution is 0.0952. The summed E-state index contributed by atoms with van der Waals surface area (Å²) < 4.78 is 14.8. The van der Waals surface area contributed by atoms with Crippen LogP contribution in [0.2, 0.25) is 0 Å². The molecular weight excluding hydrogens is 355 g/mol. The van der Waals surface area contributed by atoms with Gasteiger partial charge in [0.25, 0.3) is 11.8 Å². The predicted octanol–water partition coefficient (Wildman–Crippen LogP) is 3.22. The summed E-state index contributed by atoms with van der Waals surface area (Å²) in [7, 11) is 0. The van der Waals surface area contributed by atoms with Gasteiger partial charge in [0.15, 0.2) is 5.69 Å². The summed E-state index contributed by atoms with van der Waals surface area (Å²) in [6, 6.07) is 9.40. The maximum absolute atomic E-state index is 13.3. The zero-order valence-corrected chi connectivity index (χ0v) is 14.4. The number of hydrogen-bond donors (Lipinski definition) is 2. The molecule has 26 heavy (non-hydrogen) atoms. The Kier molecular flexibility index (Phi) is 4.26. The van der Waals surface area contributed by atoms with E-state index in [1.165, 1.54) is 34.2 Å². The number of halogens is 1. The van der Waals surface area contributed by atoms with Crippen LogP contribution < -0.4 is 10.6 Å². The van der Waals surface area contributed by atoms with Gasteiger partial charge in [-0.1, -0.05) is 6.07 Å². The van der Waals surface area contributed by atoms with Gasteiger partial charge in [-0.3, -0.25) is 9.59 Å². The van der Waals surface area contributed by atoms with E-state index in [-0.39, 0.29) is 23.5 Å². The van der Waals surface area contributed by atoms with Crippen molar-refractivity contribution in [3.05, 3.63) is 65.0 Å². The van der Waals surface area contributed by atoms with Crippen LogP contribution in [0.4, 0.5) is 9.39 Å². The number of thiophene rings is 1. The molecule has 2 aromatic heterocycles. The number of nitrogens with one attached hydrogen (secondary N) is 2. The van der Waals surface area contributed by atoms with Gasteiger partial charge in [0.2, 0.25) is 0 Å². The van der Waals surface area contributed by atoms with Crippen LogP contribution in [0.15, 0.2) is 48.0 Å². The monoisotopic (exact) mass is 370 g/mol. The summed E-state index contributed by atoms with van der Waals surface area (Å²) in [4.78, 5) is 24.7. The number of anilines is 1. The molecule has 2 N–H and O–H groups in total. The summed E-state index contributed by atoms with van der Waals surface area (Å²) >= 11 is 1.28. The van der Waals surface area contributed by atoms with Gasteiger partial charge < -0.3 is 10.6 Å². The Labute approximate surface area is 152 Å². The van der Waals surface area contributed by atoms with Crippen molar-refractivity contribution in [3.8, 4) is 5.69 Å². The normalized spacial score (nSPS) is 13.4. The average Bonchev–Trinajstić information content (AvgIpc) is 3.12. The fraction of sp³-hybridized carbons (Fsp3) is 0.167. The molecular formula is C18H15FN4O2S. The molecule has 2 heterocycles. The zero-order valence-electron chi connectivity index (χ0n) is 13.6. The third-order valence-corrected chi connectivity index (χ3v) is 4.77. The Morgan fingerprint density at radius 1 is 1.19 bits per heavy atom. The Bertz CT molecular complexity index is 977. The van der Waals surface area contributed by atoms with Crippen LogP contribution in [-0.2, 0) is 0 Å². The number of carbonyl (C=O) groups excluding carboxylic acids is 2. The van der Waals surface area contributed by atoms with E-state index < -0.39 is 5.91 Å². The van der Waals surface area contributed by atoms with Crippen LogP contribution in [0, 0.1) is 5.82 Å². The molecule has 0 spiro atoms. The maximum atomic E-state index is 13.3. The van der Waals surface area contributed by atoms with Crippen molar-refractivity contribution in [3.63, 3.8) is 0 Å². The molecule has 6 nitrogen and oxygen atoms in total.